The summed E-state index contributed by atoms with van der Waals surface area (Å²) >= 11 is 0. The van der Waals surface area contributed by atoms with Gasteiger partial charge in [-0.15, -0.1) is 0 Å². The number of aromatic amines is 1. The lowest BCUT2D eigenvalue weighted by Crippen LogP contribution is -2.26. The molecule has 0 aromatic carbocycles. The van der Waals surface area contributed by atoms with Crippen LogP contribution in [-0.4, -0.2) is 27.6 Å². The van der Waals surface area contributed by atoms with Crippen LogP contribution in [0, 0.1) is 6.92 Å². The molecule has 5 nitrogen and oxygen atoms in total. The Balaban J connectivity index is 1.81. The van der Waals surface area contributed by atoms with Crippen LogP contribution >= 0.6 is 0 Å². The van der Waals surface area contributed by atoms with Crippen molar-refractivity contribution in [3.05, 3.63) is 47.5 Å². The SMILES string of the molecule is Cc1cc(C(=O)NCCc2ccccn2)n[nH]1. The van der Waals surface area contributed by atoms with Crippen molar-refractivity contribution in [1.29, 1.82) is 0 Å². The highest BCUT2D eigenvalue weighted by molar-refractivity contribution is 5.92. The van der Waals surface area contributed by atoms with E-state index in [-0.39, 0.29) is 5.91 Å². The van der Waals surface area contributed by atoms with Crippen LogP contribution in [0.3, 0.4) is 0 Å². The smallest absolute Gasteiger partial charge is 0.271 e. The van der Waals surface area contributed by atoms with E-state index in [0.29, 0.717) is 12.2 Å². The van der Waals surface area contributed by atoms with Crippen LogP contribution in [-0.2, 0) is 6.42 Å². The Bertz CT molecular complexity index is 492. The first-order valence-corrected chi connectivity index (χ1v) is 5.46. The number of hydrogen-bond donors (Lipinski definition) is 2. The molecule has 88 valence electrons. The first-order valence-electron chi connectivity index (χ1n) is 5.46. The molecule has 1 amide bonds. The molecule has 0 fully saturated rings. The summed E-state index contributed by atoms with van der Waals surface area (Å²) in [5, 5.41) is 9.42. The van der Waals surface area contributed by atoms with E-state index in [0.717, 1.165) is 17.8 Å². The monoisotopic (exact) mass is 230 g/mol. The van der Waals surface area contributed by atoms with Crippen molar-refractivity contribution in [3.8, 4) is 0 Å². The molecule has 0 aliphatic rings. The second-order valence-electron chi connectivity index (χ2n) is 3.76. The maximum absolute atomic E-state index is 11.6. The molecule has 0 saturated carbocycles. The van der Waals surface area contributed by atoms with Crippen LogP contribution in [0.2, 0.25) is 0 Å². The van der Waals surface area contributed by atoms with E-state index in [2.05, 4.69) is 20.5 Å². The van der Waals surface area contributed by atoms with E-state index in [1.165, 1.54) is 0 Å². The molecule has 0 spiro atoms. The van der Waals surface area contributed by atoms with E-state index in [1.54, 1.807) is 12.3 Å². The fourth-order valence-electron chi connectivity index (χ4n) is 1.48. The normalized spacial score (nSPS) is 10.2. The fourth-order valence-corrected chi connectivity index (χ4v) is 1.48. The summed E-state index contributed by atoms with van der Waals surface area (Å²) in [6.45, 7) is 2.42. The highest BCUT2D eigenvalue weighted by atomic mass is 16.1. The molecule has 2 heterocycles. The summed E-state index contributed by atoms with van der Waals surface area (Å²) in [7, 11) is 0. The molecular formula is C12H14N4O. The summed E-state index contributed by atoms with van der Waals surface area (Å²) in [6, 6.07) is 7.46. The quantitative estimate of drug-likeness (QED) is 0.825. The number of aryl methyl sites for hydroxylation is 1. The lowest BCUT2D eigenvalue weighted by Gasteiger charge is -2.02. The van der Waals surface area contributed by atoms with Gasteiger partial charge in [0.15, 0.2) is 0 Å². The minimum atomic E-state index is -0.162. The Labute approximate surface area is 99.3 Å². The van der Waals surface area contributed by atoms with Gasteiger partial charge in [0.05, 0.1) is 0 Å². The molecule has 2 rings (SSSR count). The first kappa shape index (κ1) is 11.3. The van der Waals surface area contributed by atoms with Crippen LogP contribution < -0.4 is 5.32 Å². The molecule has 2 N–H and O–H groups in total. The molecule has 0 aliphatic heterocycles. The van der Waals surface area contributed by atoms with Gasteiger partial charge < -0.3 is 5.32 Å². The Morgan fingerprint density at radius 2 is 2.35 bits per heavy atom. The summed E-state index contributed by atoms with van der Waals surface area (Å²) in [4.78, 5) is 15.8. The van der Waals surface area contributed by atoms with Gasteiger partial charge in [-0.1, -0.05) is 6.07 Å². The van der Waals surface area contributed by atoms with Gasteiger partial charge >= 0.3 is 0 Å². The third-order valence-electron chi connectivity index (χ3n) is 2.33. The van der Waals surface area contributed by atoms with Crippen molar-refractivity contribution in [1.82, 2.24) is 20.5 Å². The second-order valence-corrected chi connectivity index (χ2v) is 3.76. The molecule has 0 aliphatic carbocycles. The van der Waals surface area contributed by atoms with Crippen molar-refractivity contribution in [2.24, 2.45) is 0 Å². The number of nitrogens with zero attached hydrogens (tertiary/aromatic N) is 2. The molecular weight excluding hydrogens is 216 g/mol. The Morgan fingerprint density at radius 3 is 3.00 bits per heavy atom. The molecule has 0 bridgehead atoms. The van der Waals surface area contributed by atoms with Gasteiger partial charge in [0.1, 0.15) is 5.69 Å². The standard InChI is InChI=1S/C12H14N4O/c1-9-8-11(16-15-9)12(17)14-7-5-10-4-2-3-6-13-10/h2-4,6,8H,5,7H2,1H3,(H,14,17)(H,15,16). The number of carbonyl (C=O) groups excluding carboxylic acids is 1. The molecule has 17 heavy (non-hydrogen) atoms. The first-order chi connectivity index (χ1) is 8.25. The van der Waals surface area contributed by atoms with Gasteiger partial charge in [0.25, 0.3) is 5.91 Å². The summed E-state index contributed by atoms with van der Waals surface area (Å²) in [5.41, 5.74) is 2.26. The van der Waals surface area contributed by atoms with Crippen molar-refractivity contribution in [3.63, 3.8) is 0 Å². The average Bonchev–Trinajstić information content (AvgIpc) is 2.77. The number of rotatable bonds is 4. The van der Waals surface area contributed by atoms with Crippen LogP contribution in [0.15, 0.2) is 30.5 Å². The molecule has 0 saturated heterocycles. The minimum Gasteiger partial charge on any atom is -0.350 e. The van der Waals surface area contributed by atoms with Gasteiger partial charge in [-0.3, -0.25) is 14.9 Å². The maximum atomic E-state index is 11.6. The van der Waals surface area contributed by atoms with Crippen molar-refractivity contribution in [2.75, 3.05) is 6.54 Å². The number of hydrogen-bond acceptors (Lipinski definition) is 3. The van der Waals surface area contributed by atoms with Crippen LogP contribution in [0.4, 0.5) is 0 Å². The van der Waals surface area contributed by atoms with Crippen molar-refractivity contribution >= 4 is 5.91 Å². The lowest BCUT2D eigenvalue weighted by atomic mass is 10.2. The zero-order valence-corrected chi connectivity index (χ0v) is 9.60. The van der Waals surface area contributed by atoms with E-state index in [9.17, 15) is 4.79 Å². The predicted molar refractivity (Wildman–Crippen MR) is 63.6 cm³/mol. The zero-order chi connectivity index (χ0) is 12.1. The minimum absolute atomic E-state index is 0.162. The van der Waals surface area contributed by atoms with Crippen LogP contribution in [0.1, 0.15) is 21.9 Å². The molecule has 0 unspecified atom stereocenters. The number of carbonyl (C=O) groups is 1. The van der Waals surface area contributed by atoms with Gasteiger partial charge in [-0.25, -0.2) is 0 Å². The largest absolute Gasteiger partial charge is 0.350 e. The number of H-pyrrole nitrogens is 1. The molecule has 5 heteroatoms. The van der Waals surface area contributed by atoms with Crippen molar-refractivity contribution in [2.45, 2.75) is 13.3 Å². The topological polar surface area (TPSA) is 70.7 Å². The van der Waals surface area contributed by atoms with E-state index >= 15 is 0 Å². The lowest BCUT2D eigenvalue weighted by molar-refractivity contribution is 0.0949. The van der Waals surface area contributed by atoms with Gasteiger partial charge in [0.2, 0.25) is 0 Å². The Morgan fingerprint density at radius 1 is 1.47 bits per heavy atom. The molecule has 2 aromatic rings. The van der Waals surface area contributed by atoms with Crippen LogP contribution in [0.5, 0.6) is 0 Å². The van der Waals surface area contributed by atoms with Gasteiger partial charge in [-0.2, -0.15) is 5.10 Å². The Hall–Kier alpha value is -2.17. The summed E-state index contributed by atoms with van der Waals surface area (Å²) in [6.07, 6.45) is 2.46. The highest BCUT2D eigenvalue weighted by Gasteiger charge is 2.07. The van der Waals surface area contributed by atoms with Crippen LogP contribution in [0.25, 0.3) is 0 Å². The molecule has 0 radical (unpaired) electrons. The van der Waals surface area contributed by atoms with E-state index < -0.39 is 0 Å². The maximum Gasteiger partial charge on any atom is 0.271 e. The van der Waals surface area contributed by atoms with E-state index in [1.807, 2.05) is 25.1 Å². The van der Waals surface area contributed by atoms with E-state index in [4.69, 9.17) is 0 Å². The summed E-state index contributed by atoms with van der Waals surface area (Å²) < 4.78 is 0. The molecule has 2 aromatic heterocycles. The fraction of sp³-hybridized carbons (Fsp3) is 0.250. The Kier molecular flexibility index (Phi) is 3.49. The number of nitrogens with one attached hydrogen (secondary N) is 2. The number of pyridine rings is 1. The third kappa shape index (κ3) is 3.14. The second kappa shape index (κ2) is 5.25. The zero-order valence-electron chi connectivity index (χ0n) is 9.60. The third-order valence-corrected chi connectivity index (χ3v) is 2.33. The predicted octanol–water partition coefficient (Wildman–Crippen LogP) is 1.09. The van der Waals surface area contributed by atoms with Gasteiger partial charge in [0, 0.05) is 30.6 Å². The number of aromatic nitrogens is 3. The highest BCUT2D eigenvalue weighted by Crippen LogP contribution is 1.98. The van der Waals surface area contributed by atoms with Gasteiger partial charge in [-0.05, 0) is 25.1 Å². The summed E-state index contributed by atoms with van der Waals surface area (Å²) in [5.74, 6) is -0.162. The number of amides is 1. The average molecular weight is 230 g/mol. The molecule has 0 atom stereocenters. The van der Waals surface area contributed by atoms with Crippen molar-refractivity contribution < 1.29 is 4.79 Å².